The highest BCUT2D eigenvalue weighted by Gasteiger charge is 2.04. The van der Waals surface area contributed by atoms with Crippen LogP contribution >= 0.6 is 23.2 Å². The van der Waals surface area contributed by atoms with Crippen molar-refractivity contribution >= 4 is 35.1 Å². The normalized spacial score (nSPS) is 11.1. The lowest BCUT2D eigenvalue weighted by molar-refractivity contribution is 0.626. The molecule has 92 valence electrons. The first-order chi connectivity index (χ1) is 8.58. The lowest BCUT2D eigenvalue weighted by atomic mass is 10.2. The summed E-state index contributed by atoms with van der Waals surface area (Å²) >= 11 is 11.4. The number of halogens is 4. The van der Waals surface area contributed by atoms with Crippen LogP contribution in [0.5, 0.6) is 0 Å². The Labute approximate surface area is 113 Å². The van der Waals surface area contributed by atoms with Gasteiger partial charge in [0, 0.05) is 11.8 Å². The predicted molar refractivity (Wildman–Crippen MR) is 70.1 cm³/mol. The molecule has 0 aliphatic heterocycles. The van der Waals surface area contributed by atoms with Crippen LogP contribution in [0.4, 0.5) is 14.5 Å². The van der Waals surface area contributed by atoms with Gasteiger partial charge in [-0.2, -0.15) is 0 Å². The van der Waals surface area contributed by atoms with Crippen LogP contribution in [-0.2, 0) is 0 Å². The van der Waals surface area contributed by atoms with Gasteiger partial charge in [0.1, 0.15) is 11.6 Å². The van der Waals surface area contributed by atoms with Gasteiger partial charge in [-0.3, -0.25) is 4.99 Å². The molecular weight excluding hydrogens is 279 g/mol. The highest BCUT2D eigenvalue weighted by Crippen LogP contribution is 2.22. The molecule has 18 heavy (non-hydrogen) atoms. The molecule has 0 heterocycles. The molecule has 5 heteroatoms. The van der Waals surface area contributed by atoms with Crippen molar-refractivity contribution in [1.82, 2.24) is 0 Å². The van der Waals surface area contributed by atoms with Gasteiger partial charge in [-0.25, -0.2) is 8.78 Å². The molecule has 0 saturated carbocycles. The summed E-state index contributed by atoms with van der Waals surface area (Å²) in [5.41, 5.74) is 0.598. The minimum atomic E-state index is -0.528. The van der Waals surface area contributed by atoms with Crippen molar-refractivity contribution in [3.63, 3.8) is 0 Å². The standard InChI is InChI=1S/C13H7Cl2F2N/c14-10-2-1-3-12(16)9(10)7-18-8-4-5-13(17)11(15)6-8/h1-7H. The van der Waals surface area contributed by atoms with Gasteiger partial charge in [0.2, 0.25) is 0 Å². The van der Waals surface area contributed by atoms with Gasteiger partial charge in [-0.1, -0.05) is 29.3 Å². The molecule has 0 amide bonds. The summed E-state index contributed by atoms with van der Waals surface area (Å²) in [7, 11) is 0. The van der Waals surface area contributed by atoms with Crippen molar-refractivity contribution in [2.75, 3.05) is 0 Å². The molecule has 0 fully saturated rings. The van der Waals surface area contributed by atoms with E-state index in [0.29, 0.717) is 5.69 Å². The summed E-state index contributed by atoms with van der Waals surface area (Å²) in [5, 5.41) is 0.219. The molecular formula is C13H7Cl2F2N. The Morgan fingerprint density at radius 1 is 0.944 bits per heavy atom. The van der Waals surface area contributed by atoms with E-state index in [1.54, 1.807) is 6.07 Å². The molecule has 0 unspecified atom stereocenters. The van der Waals surface area contributed by atoms with Gasteiger partial charge in [-0.15, -0.1) is 0 Å². The zero-order valence-electron chi connectivity index (χ0n) is 9.00. The predicted octanol–water partition coefficient (Wildman–Crippen LogP) is 5.02. The number of aliphatic imine (C=N–C) groups is 1. The van der Waals surface area contributed by atoms with Crippen LogP contribution in [0.1, 0.15) is 5.56 Å². The summed E-state index contributed by atoms with van der Waals surface area (Å²) < 4.78 is 26.4. The van der Waals surface area contributed by atoms with Crippen LogP contribution in [0.15, 0.2) is 41.4 Å². The number of benzene rings is 2. The summed E-state index contributed by atoms with van der Waals surface area (Å²) in [6.07, 6.45) is 1.28. The van der Waals surface area contributed by atoms with E-state index in [9.17, 15) is 8.78 Å². The second-order valence-corrected chi connectivity index (χ2v) is 4.31. The third-order valence-electron chi connectivity index (χ3n) is 2.25. The quantitative estimate of drug-likeness (QED) is 0.687. The molecule has 2 aromatic carbocycles. The van der Waals surface area contributed by atoms with Crippen molar-refractivity contribution in [2.45, 2.75) is 0 Å². The highest BCUT2D eigenvalue weighted by molar-refractivity contribution is 6.33. The van der Waals surface area contributed by atoms with E-state index >= 15 is 0 Å². The fourth-order valence-electron chi connectivity index (χ4n) is 1.34. The lowest BCUT2D eigenvalue weighted by Gasteiger charge is -2.00. The van der Waals surface area contributed by atoms with Crippen molar-refractivity contribution in [3.8, 4) is 0 Å². The van der Waals surface area contributed by atoms with Gasteiger partial charge in [0.05, 0.1) is 15.7 Å². The van der Waals surface area contributed by atoms with Gasteiger partial charge in [0.25, 0.3) is 0 Å². The van der Waals surface area contributed by atoms with E-state index in [1.165, 1.54) is 36.5 Å². The Morgan fingerprint density at radius 2 is 1.72 bits per heavy atom. The summed E-state index contributed by atoms with van der Waals surface area (Å²) in [4.78, 5) is 4.00. The minimum Gasteiger partial charge on any atom is -0.256 e. The van der Waals surface area contributed by atoms with E-state index in [1.807, 2.05) is 0 Å². The van der Waals surface area contributed by atoms with Crippen LogP contribution in [0.3, 0.4) is 0 Å². The number of nitrogens with zero attached hydrogens (tertiary/aromatic N) is 1. The topological polar surface area (TPSA) is 12.4 Å². The molecule has 2 aromatic rings. The zero-order chi connectivity index (χ0) is 13.1. The average molecular weight is 286 g/mol. The molecule has 0 saturated heterocycles. The van der Waals surface area contributed by atoms with E-state index in [0.717, 1.165) is 0 Å². The Kier molecular flexibility index (Phi) is 3.94. The smallest absolute Gasteiger partial charge is 0.141 e. The maximum atomic E-state index is 13.4. The second kappa shape index (κ2) is 5.46. The third-order valence-corrected chi connectivity index (χ3v) is 2.86. The van der Waals surface area contributed by atoms with Crippen molar-refractivity contribution in [1.29, 1.82) is 0 Å². The largest absolute Gasteiger partial charge is 0.256 e. The summed E-state index contributed by atoms with van der Waals surface area (Å²) in [5.74, 6) is -1.00. The van der Waals surface area contributed by atoms with Gasteiger partial charge in [-0.05, 0) is 30.3 Å². The first-order valence-corrected chi connectivity index (χ1v) is 5.76. The molecule has 0 spiro atoms. The van der Waals surface area contributed by atoms with Crippen LogP contribution < -0.4 is 0 Å². The Bertz CT molecular complexity index is 592. The first kappa shape index (κ1) is 13.0. The maximum absolute atomic E-state index is 13.4. The molecule has 0 aromatic heterocycles. The van der Waals surface area contributed by atoms with Crippen LogP contribution in [0, 0.1) is 11.6 Å². The van der Waals surface area contributed by atoms with Crippen molar-refractivity contribution in [2.24, 2.45) is 4.99 Å². The van der Waals surface area contributed by atoms with E-state index in [4.69, 9.17) is 23.2 Å². The molecule has 0 aliphatic carbocycles. The fourth-order valence-corrected chi connectivity index (χ4v) is 1.73. The van der Waals surface area contributed by atoms with Crippen LogP contribution in [0.25, 0.3) is 0 Å². The molecule has 2 rings (SSSR count). The number of hydrogen-bond donors (Lipinski definition) is 0. The molecule has 0 atom stereocenters. The maximum Gasteiger partial charge on any atom is 0.141 e. The number of hydrogen-bond acceptors (Lipinski definition) is 1. The molecule has 0 radical (unpaired) electrons. The Hall–Kier alpha value is -1.45. The van der Waals surface area contributed by atoms with Gasteiger partial charge >= 0.3 is 0 Å². The fraction of sp³-hybridized carbons (Fsp3) is 0. The van der Waals surface area contributed by atoms with E-state index in [-0.39, 0.29) is 15.6 Å². The Balaban J connectivity index is 2.33. The minimum absolute atomic E-state index is 0.0377. The third kappa shape index (κ3) is 2.86. The highest BCUT2D eigenvalue weighted by atomic mass is 35.5. The average Bonchev–Trinajstić information content (AvgIpc) is 2.33. The zero-order valence-corrected chi connectivity index (χ0v) is 10.5. The summed E-state index contributed by atoms with van der Waals surface area (Å²) in [6, 6.07) is 8.32. The summed E-state index contributed by atoms with van der Waals surface area (Å²) in [6.45, 7) is 0. The molecule has 0 aliphatic rings. The first-order valence-electron chi connectivity index (χ1n) is 5.01. The SMILES string of the molecule is Fc1ccc(N=Cc2c(F)cccc2Cl)cc1Cl. The van der Waals surface area contributed by atoms with E-state index in [2.05, 4.69) is 4.99 Å². The Morgan fingerprint density at radius 3 is 2.39 bits per heavy atom. The second-order valence-electron chi connectivity index (χ2n) is 3.49. The van der Waals surface area contributed by atoms with Crippen molar-refractivity contribution < 1.29 is 8.78 Å². The number of rotatable bonds is 2. The van der Waals surface area contributed by atoms with Gasteiger partial charge < -0.3 is 0 Å². The molecule has 0 bridgehead atoms. The van der Waals surface area contributed by atoms with Crippen LogP contribution in [0.2, 0.25) is 10.0 Å². The molecule has 0 N–H and O–H groups in total. The van der Waals surface area contributed by atoms with Gasteiger partial charge in [0.15, 0.2) is 0 Å². The van der Waals surface area contributed by atoms with E-state index < -0.39 is 11.6 Å². The van der Waals surface area contributed by atoms with Crippen LogP contribution in [-0.4, -0.2) is 6.21 Å². The lowest BCUT2D eigenvalue weighted by Crippen LogP contribution is -1.88. The molecule has 1 nitrogen and oxygen atoms in total. The monoisotopic (exact) mass is 285 g/mol. The van der Waals surface area contributed by atoms with Crippen molar-refractivity contribution in [3.05, 3.63) is 63.6 Å².